The molecule has 0 saturated carbocycles. The first-order valence-electron chi connectivity index (χ1n) is 10.5. The Morgan fingerprint density at radius 1 is 1.06 bits per heavy atom. The molecule has 0 fully saturated rings. The number of nitrogens with zero attached hydrogens (tertiary/aromatic N) is 2. The molecule has 3 aromatic rings. The lowest BCUT2D eigenvalue weighted by atomic mass is 10.2. The van der Waals surface area contributed by atoms with E-state index < -0.39 is 10.0 Å². The van der Waals surface area contributed by atoms with Gasteiger partial charge in [-0.15, -0.1) is 0 Å². The highest BCUT2D eigenvalue weighted by Gasteiger charge is 2.20. The molecule has 0 aliphatic heterocycles. The molecule has 1 heterocycles. The Labute approximate surface area is 205 Å². The minimum absolute atomic E-state index is 0.0875. The summed E-state index contributed by atoms with van der Waals surface area (Å²) in [6.07, 6.45) is 2.93. The Kier molecular flexibility index (Phi) is 8.60. The van der Waals surface area contributed by atoms with Crippen LogP contribution in [-0.2, 0) is 16.6 Å². The lowest BCUT2D eigenvalue weighted by molar-refractivity contribution is 0.249. The van der Waals surface area contributed by atoms with E-state index in [0.717, 1.165) is 12.1 Å². The molecule has 0 saturated heterocycles. The van der Waals surface area contributed by atoms with Gasteiger partial charge in [-0.3, -0.25) is 9.71 Å². The molecule has 0 spiro atoms. The number of sulfonamides is 1. The minimum Gasteiger partial charge on any atom is -0.493 e. The second-order valence-corrected chi connectivity index (χ2v) is 9.82. The zero-order valence-electron chi connectivity index (χ0n) is 19.5. The molecule has 2 aromatic carbocycles. The van der Waals surface area contributed by atoms with Gasteiger partial charge < -0.3 is 19.1 Å². The zero-order chi connectivity index (χ0) is 24.7. The van der Waals surface area contributed by atoms with E-state index in [1.54, 1.807) is 32.2 Å². The highest BCUT2D eigenvalue weighted by Crippen LogP contribution is 2.31. The summed E-state index contributed by atoms with van der Waals surface area (Å²) >= 11 is 6.10. The summed E-state index contributed by atoms with van der Waals surface area (Å²) < 4.78 is 45.7. The monoisotopic (exact) mass is 505 g/mol. The van der Waals surface area contributed by atoms with Crippen LogP contribution in [0.3, 0.4) is 0 Å². The van der Waals surface area contributed by atoms with Crippen LogP contribution in [0.1, 0.15) is 11.1 Å². The third-order valence-electron chi connectivity index (χ3n) is 4.95. The molecule has 0 radical (unpaired) electrons. The van der Waals surface area contributed by atoms with E-state index in [9.17, 15) is 8.42 Å². The van der Waals surface area contributed by atoms with E-state index in [4.69, 9.17) is 25.8 Å². The normalized spacial score (nSPS) is 11.4. The first-order valence-corrected chi connectivity index (χ1v) is 12.4. The number of ether oxygens (including phenoxy) is 3. The van der Waals surface area contributed by atoms with Crippen molar-refractivity contribution in [2.24, 2.45) is 0 Å². The average Bonchev–Trinajstić information content (AvgIpc) is 2.80. The maximum Gasteiger partial charge on any atom is 0.262 e. The SMILES string of the molecule is COc1ccc(COc2ccncc2NS(=O)(=O)c2cccc(Cl)c2C)cc1OCCN(C)C. The van der Waals surface area contributed by atoms with Crippen LogP contribution in [0.4, 0.5) is 5.69 Å². The summed E-state index contributed by atoms with van der Waals surface area (Å²) in [5.74, 6) is 1.57. The highest BCUT2D eigenvalue weighted by molar-refractivity contribution is 7.92. The molecule has 3 rings (SSSR count). The largest absolute Gasteiger partial charge is 0.493 e. The number of hydrogen-bond acceptors (Lipinski definition) is 7. The highest BCUT2D eigenvalue weighted by atomic mass is 35.5. The van der Waals surface area contributed by atoms with Gasteiger partial charge in [0, 0.05) is 23.8 Å². The Balaban J connectivity index is 1.76. The van der Waals surface area contributed by atoms with Gasteiger partial charge in [0.05, 0.1) is 18.2 Å². The molecule has 0 bridgehead atoms. The Morgan fingerprint density at radius 2 is 1.85 bits per heavy atom. The minimum atomic E-state index is -3.90. The number of likely N-dealkylation sites (N-methyl/N-ethyl adjacent to an activating group) is 1. The van der Waals surface area contributed by atoms with Crippen LogP contribution < -0.4 is 18.9 Å². The van der Waals surface area contributed by atoms with Gasteiger partial charge in [-0.1, -0.05) is 23.7 Å². The fraction of sp³-hybridized carbons (Fsp3) is 0.292. The predicted octanol–water partition coefficient (Wildman–Crippen LogP) is 4.37. The van der Waals surface area contributed by atoms with Gasteiger partial charge in [0.1, 0.15) is 24.7 Å². The predicted molar refractivity (Wildman–Crippen MR) is 133 cm³/mol. The van der Waals surface area contributed by atoms with Crippen molar-refractivity contribution in [2.45, 2.75) is 18.4 Å². The number of rotatable bonds is 11. The number of benzene rings is 2. The lowest BCUT2D eigenvalue weighted by Gasteiger charge is -2.16. The molecular formula is C24H28ClN3O5S. The van der Waals surface area contributed by atoms with Crippen LogP contribution in [-0.4, -0.2) is 52.7 Å². The third-order valence-corrected chi connectivity index (χ3v) is 6.87. The van der Waals surface area contributed by atoms with Gasteiger partial charge in [0.25, 0.3) is 10.0 Å². The number of hydrogen-bond donors (Lipinski definition) is 1. The van der Waals surface area contributed by atoms with Crippen LogP contribution >= 0.6 is 11.6 Å². The van der Waals surface area contributed by atoms with Crippen molar-refractivity contribution in [3.63, 3.8) is 0 Å². The number of halogens is 1. The van der Waals surface area contributed by atoms with Gasteiger partial charge in [0.15, 0.2) is 11.5 Å². The van der Waals surface area contributed by atoms with Crippen LogP contribution in [0.25, 0.3) is 0 Å². The van der Waals surface area contributed by atoms with Crippen molar-refractivity contribution in [3.05, 3.63) is 71.0 Å². The second kappa shape index (κ2) is 11.4. The average molecular weight is 506 g/mol. The van der Waals surface area contributed by atoms with E-state index in [-0.39, 0.29) is 17.2 Å². The molecular weight excluding hydrogens is 478 g/mol. The Hall–Kier alpha value is -3.01. The number of methoxy groups -OCH3 is 1. The van der Waals surface area contributed by atoms with Crippen molar-refractivity contribution in [1.82, 2.24) is 9.88 Å². The third kappa shape index (κ3) is 6.53. The van der Waals surface area contributed by atoms with E-state index in [2.05, 4.69) is 9.71 Å². The van der Waals surface area contributed by atoms with E-state index in [1.165, 1.54) is 18.5 Å². The molecule has 1 N–H and O–H groups in total. The van der Waals surface area contributed by atoms with E-state index in [1.807, 2.05) is 37.2 Å². The van der Waals surface area contributed by atoms with Crippen LogP contribution in [0, 0.1) is 6.92 Å². The molecule has 1 aromatic heterocycles. The fourth-order valence-electron chi connectivity index (χ4n) is 3.09. The lowest BCUT2D eigenvalue weighted by Crippen LogP contribution is -2.19. The molecule has 0 amide bonds. The Bertz CT molecular complexity index is 1240. The van der Waals surface area contributed by atoms with Crippen LogP contribution in [0.2, 0.25) is 5.02 Å². The standard InChI is InChI=1S/C24H28ClN3O5S/c1-17-19(25)6-5-7-24(17)34(29,30)27-20-15-26-11-10-21(20)33-16-18-8-9-22(31-4)23(14-18)32-13-12-28(2)3/h5-11,14-15,27H,12-13,16H2,1-4H3. The first kappa shape index (κ1) is 25.6. The van der Waals surface area contributed by atoms with Gasteiger partial charge in [-0.05, 0) is 56.4 Å². The molecule has 0 atom stereocenters. The first-order chi connectivity index (χ1) is 16.2. The summed E-state index contributed by atoms with van der Waals surface area (Å²) in [6.45, 7) is 3.10. The molecule has 34 heavy (non-hydrogen) atoms. The summed E-state index contributed by atoms with van der Waals surface area (Å²) in [5, 5.41) is 0.369. The maximum atomic E-state index is 13.0. The zero-order valence-corrected chi connectivity index (χ0v) is 21.1. The molecule has 10 heteroatoms. The van der Waals surface area contributed by atoms with Crippen molar-refractivity contribution < 1.29 is 22.6 Å². The quantitative estimate of drug-likeness (QED) is 0.413. The number of nitrogens with one attached hydrogen (secondary N) is 1. The van der Waals surface area contributed by atoms with Crippen LogP contribution in [0.5, 0.6) is 17.2 Å². The summed E-state index contributed by atoms with van der Waals surface area (Å²) in [4.78, 5) is 6.14. The fourth-order valence-corrected chi connectivity index (χ4v) is 4.64. The number of pyridine rings is 1. The summed E-state index contributed by atoms with van der Waals surface area (Å²) in [7, 11) is 1.63. The number of aromatic nitrogens is 1. The molecule has 182 valence electrons. The van der Waals surface area contributed by atoms with E-state index >= 15 is 0 Å². The van der Waals surface area contributed by atoms with E-state index in [0.29, 0.717) is 34.4 Å². The van der Waals surface area contributed by atoms with Crippen LogP contribution in [0.15, 0.2) is 59.8 Å². The summed E-state index contributed by atoms with van der Waals surface area (Å²) in [5.41, 5.74) is 1.51. The van der Waals surface area contributed by atoms with Gasteiger partial charge in [0.2, 0.25) is 0 Å². The van der Waals surface area contributed by atoms with Gasteiger partial charge >= 0.3 is 0 Å². The van der Waals surface area contributed by atoms with Crippen molar-refractivity contribution in [2.75, 3.05) is 39.1 Å². The van der Waals surface area contributed by atoms with Gasteiger partial charge in [-0.2, -0.15) is 0 Å². The smallest absolute Gasteiger partial charge is 0.262 e. The molecule has 0 unspecified atom stereocenters. The van der Waals surface area contributed by atoms with Crippen molar-refractivity contribution in [1.29, 1.82) is 0 Å². The number of anilines is 1. The Morgan fingerprint density at radius 3 is 2.59 bits per heavy atom. The topological polar surface area (TPSA) is 90.0 Å². The van der Waals surface area contributed by atoms with Gasteiger partial charge in [-0.25, -0.2) is 8.42 Å². The molecule has 0 aliphatic rings. The van der Waals surface area contributed by atoms with Crippen molar-refractivity contribution in [3.8, 4) is 17.2 Å². The summed E-state index contributed by atoms with van der Waals surface area (Å²) in [6, 6.07) is 11.8. The second-order valence-electron chi connectivity index (χ2n) is 7.77. The molecule has 0 aliphatic carbocycles. The molecule has 8 nitrogen and oxygen atoms in total. The maximum absolute atomic E-state index is 13.0. The van der Waals surface area contributed by atoms with Crippen molar-refractivity contribution >= 4 is 27.3 Å².